The Morgan fingerprint density at radius 1 is 1.00 bits per heavy atom. The average Bonchev–Trinajstić information content (AvgIpc) is 2.45. The number of unbranched alkanes of at least 4 members (excludes halogenated alkanes) is 4. The van der Waals surface area contributed by atoms with Crippen LogP contribution in [0.2, 0.25) is 0 Å². The molecule has 0 bridgehead atoms. The molecule has 3 nitrogen and oxygen atoms in total. The highest BCUT2D eigenvalue weighted by atomic mass is 32.2. The summed E-state index contributed by atoms with van der Waals surface area (Å²) in [5.74, 6) is 0. The van der Waals surface area contributed by atoms with Crippen LogP contribution in [0.15, 0.2) is 41.3 Å². The SMILES string of the molecule is CCCCCCCc1ccc2c(S(=O)(=O)O)cccc2c1. The molecule has 0 unspecified atom stereocenters. The van der Waals surface area contributed by atoms with E-state index >= 15 is 0 Å². The molecule has 0 amide bonds. The van der Waals surface area contributed by atoms with Gasteiger partial charge in [-0.2, -0.15) is 8.42 Å². The second-order valence-corrected chi connectivity index (χ2v) is 6.84. The molecular formula is C17H22O3S. The number of fused-ring (bicyclic) bond motifs is 1. The van der Waals surface area contributed by atoms with E-state index in [-0.39, 0.29) is 4.90 Å². The van der Waals surface area contributed by atoms with Crippen LogP contribution in [-0.4, -0.2) is 13.0 Å². The molecule has 0 radical (unpaired) electrons. The van der Waals surface area contributed by atoms with Crippen molar-refractivity contribution in [3.63, 3.8) is 0 Å². The average molecular weight is 306 g/mol. The van der Waals surface area contributed by atoms with E-state index < -0.39 is 10.1 Å². The number of benzene rings is 2. The van der Waals surface area contributed by atoms with E-state index in [0.29, 0.717) is 5.39 Å². The summed E-state index contributed by atoms with van der Waals surface area (Å²) in [4.78, 5) is -0.0190. The highest BCUT2D eigenvalue weighted by Crippen LogP contribution is 2.24. The molecule has 0 saturated carbocycles. The van der Waals surface area contributed by atoms with Crippen molar-refractivity contribution >= 4 is 20.9 Å². The minimum Gasteiger partial charge on any atom is -0.282 e. The van der Waals surface area contributed by atoms with Crippen LogP contribution in [0.25, 0.3) is 10.8 Å². The normalized spacial score (nSPS) is 11.9. The molecule has 0 aliphatic heterocycles. The molecule has 0 heterocycles. The molecule has 2 rings (SSSR count). The van der Waals surface area contributed by atoms with Crippen LogP contribution >= 0.6 is 0 Å². The van der Waals surface area contributed by atoms with Gasteiger partial charge in [0.1, 0.15) is 4.90 Å². The van der Waals surface area contributed by atoms with E-state index in [4.69, 9.17) is 0 Å². The highest BCUT2D eigenvalue weighted by molar-refractivity contribution is 7.86. The lowest BCUT2D eigenvalue weighted by Gasteiger charge is -2.07. The summed E-state index contributed by atoms with van der Waals surface area (Å²) in [6, 6.07) is 10.7. The van der Waals surface area contributed by atoms with Crippen LogP contribution in [0.3, 0.4) is 0 Å². The van der Waals surface area contributed by atoms with Gasteiger partial charge in [-0.1, -0.05) is 62.9 Å². The molecule has 0 aliphatic rings. The third kappa shape index (κ3) is 4.29. The third-order valence-corrected chi connectivity index (χ3v) is 4.66. The lowest BCUT2D eigenvalue weighted by molar-refractivity contribution is 0.484. The Morgan fingerprint density at radius 3 is 2.48 bits per heavy atom. The van der Waals surface area contributed by atoms with E-state index in [1.54, 1.807) is 12.1 Å². The van der Waals surface area contributed by atoms with Crippen LogP contribution in [0, 0.1) is 0 Å². The molecule has 0 aliphatic carbocycles. The van der Waals surface area contributed by atoms with Gasteiger partial charge in [-0.25, -0.2) is 0 Å². The Balaban J connectivity index is 2.16. The Labute approximate surface area is 126 Å². The predicted molar refractivity (Wildman–Crippen MR) is 86.2 cm³/mol. The van der Waals surface area contributed by atoms with Crippen LogP contribution in [-0.2, 0) is 16.5 Å². The Kier molecular flexibility index (Phi) is 5.37. The van der Waals surface area contributed by atoms with Crippen molar-refractivity contribution in [3.8, 4) is 0 Å². The molecule has 21 heavy (non-hydrogen) atoms. The Hall–Kier alpha value is -1.39. The van der Waals surface area contributed by atoms with Gasteiger partial charge in [0.2, 0.25) is 0 Å². The fourth-order valence-corrected chi connectivity index (χ4v) is 3.33. The minimum atomic E-state index is -4.17. The first-order chi connectivity index (χ1) is 10.0. The summed E-state index contributed by atoms with van der Waals surface area (Å²) in [6.07, 6.45) is 7.21. The predicted octanol–water partition coefficient (Wildman–Crippen LogP) is 4.60. The van der Waals surface area contributed by atoms with Crippen molar-refractivity contribution in [2.75, 3.05) is 0 Å². The summed E-state index contributed by atoms with van der Waals surface area (Å²) < 4.78 is 32.0. The van der Waals surface area contributed by atoms with Gasteiger partial charge in [-0.05, 0) is 29.9 Å². The molecule has 1 N–H and O–H groups in total. The minimum absolute atomic E-state index is 0.0190. The molecule has 114 valence electrons. The second-order valence-electron chi connectivity index (χ2n) is 5.45. The standard InChI is InChI=1S/C17H22O3S/c1-2-3-4-5-6-8-14-11-12-16-15(13-14)9-7-10-17(16)21(18,19)20/h7,9-13H,2-6,8H2,1H3,(H,18,19,20). The van der Waals surface area contributed by atoms with Crippen LogP contribution in [0.5, 0.6) is 0 Å². The summed E-state index contributed by atoms with van der Waals surface area (Å²) in [5.41, 5.74) is 1.21. The van der Waals surface area contributed by atoms with E-state index in [9.17, 15) is 13.0 Å². The van der Waals surface area contributed by atoms with Gasteiger partial charge >= 0.3 is 0 Å². The van der Waals surface area contributed by atoms with E-state index in [1.807, 2.05) is 18.2 Å². The monoisotopic (exact) mass is 306 g/mol. The van der Waals surface area contributed by atoms with Crippen molar-refractivity contribution in [1.29, 1.82) is 0 Å². The van der Waals surface area contributed by atoms with Gasteiger partial charge in [0, 0.05) is 5.39 Å². The van der Waals surface area contributed by atoms with Gasteiger partial charge in [0.25, 0.3) is 10.1 Å². The zero-order valence-electron chi connectivity index (χ0n) is 12.4. The van der Waals surface area contributed by atoms with Gasteiger partial charge < -0.3 is 0 Å². The first-order valence-electron chi connectivity index (χ1n) is 7.51. The zero-order valence-corrected chi connectivity index (χ0v) is 13.2. The van der Waals surface area contributed by atoms with Gasteiger partial charge in [0.15, 0.2) is 0 Å². The molecule has 0 atom stereocenters. The first kappa shape index (κ1) is 16.0. The summed E-state index contributed by atoms with van der Waals surface area (Å²) in [6.45, 7) is 2.20. The zero-order chi connectivity index (χ0) is 15.3. The fourth-order valence-electron chi connectivity index (χ4n) is 2.62. The summed E-state index contributed by atoms with van der Waals surface area (Å²) in [7, 11) is -4.17. The molecule has 2 aromatic carbocycles. The number of rotatable bonds is 7. The first-order valence-corrected chi connectivity index (χ1v) is 8.95. The van der Waals surface area contributed by atoms with Gasteiger partial charge in [0.05, 0.1) is 0 Å². The lowest BCUT2D eigenvalue weighted by atomic mass is 10.0. The van der Waals surface area contributed by atoms with E-state index in [2.05, 4.69) is 6.92 Å². The molecule has 0 aromatic heterocycles. The van der Waals surface area contributed by atoms with Crippen LogP contribution in [0.4, 0.5) is 0 Å². The molecule has 0 saturated heterocycles. The lowest BCUT2D eigenvalue weighted by Crippen LogP contribution is -1.99. The second kappa shape index (κ2) is 7.05. The number of aryl methyl sites for hydroxylation is 1. The maximum Gasteiger partial charge on any atom is 0.295 e. The summed E-state index contributed by atoms with van der Waals surface area (Å²) in [5, 5.41) is 1.44. The molecular weight excluding hydrogens is 284 g/mol. The fraction of sp³-hybridized carbons (Fsp3) is 0.412. The van der Waals surface area contributed by atoms with Crippen molar-refractivity contribution in [3.05, 3.63) is 42.0 Å². The van der Waals surface area contributed by atoms with Gasteiger partial charge in [-0.3, -0.25) is 4.55 Å². The van der Waals surface area contributed by atoms with Crippen LogP contribution < -0.4 is 0 Å². The maximum atomic E-state index is 11.4. The number of hydrogen-bond donors (Lipinski definition) is 1. The quantitative estimate of drug-likeness (QED) is 0.601. The smallest absolute Gasteiger partial charge is 0.282 e. The van der Waals surface area contributed by atoms with E-state index in [0.717, 1.165) is 18.2 Å². The highest BCUT2D eigenvalue weighted by Gasteiger charge is 2.13. The summed E-state index contributed by atoms with van der Waals surface area (Å²) >= 11 is 0. The Morgan fingerprint density at radius 2 is 1.76 bits per heavy atom. The Bertz CT molecular complexity index is 705. The topological polar surface area (TPSA) is 54.4 Å². The molecule has 0 fully saturated rings. The molecule has 0 spiro atoms. The third-order valence-electron chi connectivity index (χ3n) is 3.75. The van der Waals surface area contributed by atoms with Crippen molar-refractivity contribution in [2.45, 2.75) is 50.3 Å². The molecule has 2 aromatic rings. The maximum absolute atomic E-state index is 11.4. The van der Waals surface area contributed by atoms with Crippen molar-refractivity contribution in [1.82, 2.24) is 0 Å². The number of hydrogen-bond acceptors (Lipinski definition) is 2. The van der Waals surface area contributed by atoms with Crippen LogP contribution in [0.1, 0.15) is 44.6 Å². The van der Waals surface area contributed by atoms with Gasteiger partial charge in [-0.15, -0.1) is 0 Å². The van der Waals surface area contributed by atoms with Crippen molar-refractivity contribution in [2.24, 2.45) is 0 Å². The molecule has 4 heteroatoms. The van der Waals surface area contributed by atoms with E-state index in [1.165, 1.54) is 37.3 Å². The largest absolute Gasteiger partial charge is 0.295 e. The van der Waals surface area contributed by atoms with Crippen molar-refractivity contribution < 1.29 is 13.0 Å².